The first-order chi connectivity index (χ1) is 21.5. The van der Waals surface area contributed by atoms with E-state index in [9.17, 15) is 9.90 Å². The van der Waals surface area contributed by atoms with Gasteiger partial charge in [0.25, 0.3) is 0 Å². The van der Waals surface area contributed by atoms with Crippen LogP contribution >= 0.6 is 11.6 Å². The third kappa shape index (κ3) is 6.35. The van der Waals surface area contributed by atoms with Gasteiger partial charge >= 0.3 is 5.97 Å². The van der Waals surface area contributed by atoms with E-state index in [2.05, 4.69) is 34.2 Å². The molecule has 13 heteroatoms. The Morgan fingerprint density at radius 2 is 1.91 bits per heavy atom. The van der Waals surface area contributed by atoms with Crippen LogP contribution in [0.3, 0.4) is 0 Å². The Bertz CT molecular complexity index is 1660. The van der Waals surface area contributed by atoms with Gasteiger partial charge in [0.2, 0.25) is 17.6 Å². The number of aromatic nitrogens is 6. The zero-order chi connectivity index (χ0) is 31.9. The number of carboxylic acid groups (broad SMARTS) is 1. The van der Waals surface area contributed by atoms with Crippen molar-refractivity contribution in [2.24, 2.45) is 7.05 Å². The number of carboxylic acids is 1. The fraction of sp³-hybridized carbons (Fsp3) is 0.562. The predicted octanol–water partition coefficient (Wildman–Crippen LogP) is 7.12. The minimum Gasteiger partial charge on any atom is -0.477 e. The Balaban J connectivity index is 1.21. The number of carbonyl (C=O) groups is 1. The van der Waals surface area contributed by atoms with Crippen molar-refractivity contribution in [2.75, 3.05) is 0 Å². The first kappa shape index (κ1) is 31.2. The maximum atomic E-state index is 11.8. The van der Waals surface area contributed by atoms with Crippen LogP contribution in [0.15, 0.2) is 27.4 Å². The predicted molar refractivity (Wildman–Crippen MR) is 164 cm³/mol. The first-order valence-electron chi connectivity index (χ1n) is 15.6. The number of rotatable bonds is 12. The van der Waals surface area contributed by atoms with Gasteiger partial charge in [0.05, 0.1) is 35.1 Å². The minimum atomic E-state index is -1.16. The molecule has 0 aromatic carbocycles. The molecule has 12 nitrogen and oxygen atoms in total. The monoisotopic (exact) mass is 638 g/mol. The Hall–Kier alpha value is -3.77. The van der Waals surface area contributed by atoms with Gasteiger partial charge in [-0.15, -0.1) is 0 Å². The van der Waals surface area contributed by atoms with Gasteiger partial charge in [-0.1, -0.05) is 35.3 Å². The molecule has 0 amide bonds. The molecule has 2 saturated carbocycles. The van der Waals surface area contributed by atoms with Gasteiger partial charge in [0.15, 0.2) is 5.69 Å². The number of hydrogen-bond acceptors (Lipinski definition) is 10. The highest BCUT2D eigenvalue weighted by molar-refractivity contribution is 6.33. The van der Waals surface area contributed by atoms with Crippen LogP contribution in [0.5, 0.6) is 5.88 Å². The molecule has 6 rings (SSSR count). The summed E-state index contributed by atoms with van der Waals surface area (Å²) in [6, 6.07) is 3.09. The topological polar surface area (TPSA) is 151 Å². The van der Waals surface area contributed by atoms with Crippen LogP contribution in [-0.2, 0) is 23.8 Å². The lowest BCUT2D eigenvalue weighted by atomic mass is 9.66. The van der Waals surface area contributed by atoms with E-state index in [1.165, 1.54) is 6.07 Å². The van der Waals surface area contributed by atoms with E-state index < -0.39 is 5.97 Å². The van der Waals surface area contributed by atoms with E-state index in [1.807, 2.05) is 20.9 Å². The summed E-state index contributed by atoms with van der Waals surface area (Å²) in [5.41, 5.74) is 1.99. The fourth-order valence-electron chi connectivity index (χ4n) is 6.29. The van der Waals surface area contributed by atoms with E-state index in [1.54, 1.807) is 16.9 Å². The summed E-state index contributed by atoms with van der Waals surface area (Å²) in [7, 11) is 1.84. The van der Waals surface area contributed by atoms with Crippen LogP contribution in [0.1, 0.15) is 113 Å². The highest BCUT2D eigenvalue weighted by Crippen LogP contribution is 2.49. The van der Waals surface area contributed by atoms with Crippen molar-refractivity contribution in [3.05, 3.63) is 46.3 Å². The van der Waals surface area contributed by atoms with E-state index >= 15 is 0 Å². The summed E-state index contributed by atoms with van der Waals surface area (Å²) >= 11 is 6.48. The summed E-state index contributed by atoms with van der Waals surface area (Å²) in [6.45, 7) is 8.37. The van der Waals surface area contributed by atoms with Crippen molar-refractivity contribution in [1.82, 2.24) is 30.1 Å². The van der Waals surface area contributed by atoms with E-state index in [0.717, 1.165) is 68.4 Å². The van der Waals surface area contributed by atoms with Gasteiger partial charge in [0, 0.05) is 30.0 Å². The third-order valence-corrected chi connectivity index (χ3v) is 9.24. The maximum absolute atomic E-state index is 11.8. The molecule has 4 heterocycles. The van der Waals surface area contributed by atoms with Crippen LogP contribution in [0.2, 0.25) is 5.02 Å². The molecule has 0 radical (unpaired) electrons. The number of pyridine rings is 1. The molecule has 2 aliphatic rings. The van der Waals surface area contributed by atoms with Crippen molar-refractivity contribution in [3.63, 3.8) is 0 Å². The number of aromatic carboxylic acids is 1. The number of hydrogen-bond donors (Lipinski definition) is 1. The standard InChI is InChI=1S/C32H39ClN6O6/c1-6-9-32(30-36-28(38-45-30)20-14-23(29(40)41)35-24(15-20)43-18(2)3)12-10-31(4,11-13-32)42-17-21-25(26-22(33)16-34-39(26)5)37-44-27(21)19-7-8-19/h14-16,18-19H,6-13,17H2,1-5H3,(H,40,41). The molecule has 0 saturated heterocycles. The third-order valence-electron chi connectivity index (χ3n) is 8.96. The van der Waals surface area contributed by atoms with Crippen molar-refractivity contribution >= 4 is 17.6 Å². The van der Waals surface area contributed by atoms with Crippen molar-refractivity contribution in [2.45, 2.75) is 109 Å². The van der Waals surface area contributed by atoms with E-state index in [-0.39, 0.29) is 28.7 Å². The van der Waals surface area contributed by atoms with Gasteiger partial charge in [-0.05, 0) is 71.8 Å². The average Bonchev–Trinajstić information content (AvgIpc) is 3.40. The quantitative estimate of drug-likeness (QED) is 0.169. The molecule has 4 aromatic heterocycles. The number of nitrogens with zero attached hydrogens (tertiary/aromatic N) is 6. The van der Waals surface area contributed by atoms with Gasteiger partial charge in [0.1, 0.15) is 17.1 Å². The molecule has 2 aliphatic carbocycles. The fourth-order valence-corrected chi connectivity index (χ4v) is 6.55. The van der Waals surface area contributed by atoms with Gasteiger partial charge in [-0.2, -0.15) is 10.1 Å². The Kier molecular flexibility index (Phi) is 8.47. The zero-order valence-corrected chi connectivity index (χ0v) is 27.1. The lowest BCUT2D eigenvalue weighted by molar-refractivity contribution is -0.0823. The summed E-state index contributed by atoms with van der Waals surface area (Å²) in [4.78, 5) is 20.7. The van der Waals surface area contributed by atoms with E-state index in [4.69, 9.17) is 35.1 Å². The summed E-state index contributed by atoms with van der Waals surface area (Å²) < 4.78 is 25.8. The molecule has 0 bridgehead atoms. The first-order valence-corrected chi connectivity index (χ1v) is 16.0. The lowest BCUT2D eigenvalue weighted by Gasteiger charge is -2.43. The van der Waals surface area contributed by atoms with Crippen LogP contribution in [0.4, 0.5) is 0 Å². The van der Waals surface area contributed by atoms with Gasteiger partial charge in [-0.3, -0.25) is 4.68 Å². The van der Waals surface area contributed by atoms with Crippen molar-refractivity contribution < 1.29 is 28.4 Å². The normalized spacial score (nSPS) is 21.8. The highest BCUT2D eigenvalue weighted by Gasteiger charge is 2.45. The van der Waals surface area contributed by atoms with Crippen LogP contribution in [0.25, 0.3) is 22.8 Å². The summed E-state index contributed by atoms with van der Waals surface area (Å²) in [5.74, 6) is 1.15. The molecule has 0 spiro atoms. The van der Waals surface area contributed by atoms with Gasteiger partial charge in [-0.25, -0.2) is 9.78 Å². The molecule has 2 fully saturated rings. The van der Waals surface area contributed by atoms with Crippen LogP contribution < -0.4 is 4.74 Å². The second-order valence-electron chi connectivity index (χ2n) is 12.9. The minimum absolute atomic E-state index is 0.144. The van der Waals surface area contributed by atoms with E-state index in [0.29, 0.717) is 40.5 Å². The molecule has 0 atom stereocenters. The number of halogens is 1. The van der Waals surface area contributed by atoms with Crippen LogP contribution in [0, 0.1) is 0 Å². The SMILES string of the molecule is CCCC1(c2nc(-c3cc(OC(C)C)nc(C(=O)O)c3)no2)CCC(C)(OCc2c(-c3c(Cl)cnn3C)noc2C2CC2)CC1. The highest BCUT2D eigenvalue weighted by atomic mass is 35.5. The second-order valence-corrected chi connectivity index (χ2v) is 13.3. The lowest BCUT2D eigenvalue weighted by Crippen LogP contribution is -2.41. The smallest absolute Gasteiger partial charge is 0.354 e. The van der Waals surface area contributed by atoms with Crippen LogP contribution in [-0.4, -0.2) is 52.8 Å². The molecule has 4 aromatic rings. The maximum Gasteiger partial charge on any atom is 0.354 e. The molecular weight excluding hydrogens is 600 g/mol. The summed E-state index contributed by atoms with van der Waals surface area (Å²) in [6.07, 6.45) is 8.61. The molecule has 0 aliphatic heterocycles. The largest absolute Gasteiger partial charge is 0.477 e. The van der Waals surface area contributed by atoms with Crippen molar-refractivity contribution in [1.29, 1.82) is 0 Å². The molecule has 1 N–H and O–H groups in total. The molecular formula is C32H39ClN6O6. The Morgan fingerprint density at radius 1 is 1.16 bits per heavy atom. The molecule has 0 unspecified atom stereocenters. The van der Waals surface area contributed by atoms with Crippen molar-refractivity contribution in [3.8, 4) is 28.7 Å². The second kappa shape index (κ2) is 12.2. The number of ether oxygens (including phenoxy) is 2. The Labute approximate surface area is 266 Å². The molecule has 45 heavy (non-hydrogen) atoms. The zero-order valence-electron chi connectivity index (χ0n) is 26.3. The Morgan fingerprint density at radius 3 is 2.53 bits per heavy atom. The number of aryl methyl sites for hydroxylation is 1. The summed E-state index contributed by atoms with van der Waals surface area (Å²) in [5, 5.41) is 23.1. The average molecular weight is 639 g/mol. The van der Waals surface area contributed by atoms with Gasteiger partial charge < -0.3 is 23.6 Å². The molecule has 240 valence electrons.